The molecule has 0 saturated heterocycles. The number of benzene rings is 1. The van der Waals surface area contributed by atoms with E-state index in [1.54, 1.807) is 37.6 Å². The summed E-state index contributed by atoms with van der Waals surface area (Å²) in [6.45, 7) is 4.29. The number of amides is 1. The highest BCUT2D eigenvalue weighted by Crippen LogP contribution is 2.26. The monoisotopic (exact) mass is 472 g/mol. The zero-order valence-electron chi connectivity index (χ0n) is 17.2. The van der Waals surface area contributed by atoms with Crippen molar-refractivity contribution in [1.29, 1.82) is 0 Å². The summed E-state index contributed by atoms with van der Waals surface area (Å²) in [4.78, 5) is 16.8. The van der Waals surface area contributed by atoms with Gasteiger partial charge in [-0.05, 0) is 18.2 Å². The number of sulfonamides is 1. The number of hydrogen-bond donors (Lipinski definition) is 1. The van der Waals surface area contributed by atoms with Gasteiger partial charge in [-0.3, -0.25) is 4.79 Å². The van der Waals surface area contributed by atoms with E-state index in [0.29, 0.717) is 35.8 Å². The number of halogens is 2. The number of aryl methyl sites for hydroxylation is 2. The predicted octanol–water partition coefficient (Wildman–Crippen LogP) is 2.96. The van der Waals surface area contributed by atoms with Gasteiger partial charge in [0, 0.05) is 33.0 Å². The summed E-state index contributed by atoms with van der Waals surface area (Å²) < 4.78 is 53.8. The summed E-state index contributed by atoms with van der Waals surface area (Å²) in [6, 6.07) is 4.76. The normalized spacial score (nSPS) is 12.2. The van der Waals surface area contributed by atoms with E-state index in [9.17, 15) is 22.0 Å². The van der Waals surface area contributed by atoms with Crippen molar-refractivity contribution in [3.05, 3.63) is 29.0 Å². The minimum atomic E-state index is -3.61. The van der Waals surface area contributed by atoms with Crippen LogP contribution in [-0.2, 0) is 28.3 Å². The Morgan fingerprint density at radius 2 is 1.97 bits per heavy atom. The molecule has 0 spiro atoms. The molecule has 9 nitrogen and oxygen atoms in total. The van der Waals surface area contributed by atoms with Crippen LogP contribution in [0, 0.1) is 0 Å². The summed E-state index contributed by atoms with van der Waals surface area (Å²) in [5.74, 6) is 0.182. The van der Waals surface area contributed by atoms with Gasteiger partial charge in [-0.1, -0.05) is 25.2 Å². The maximum absolute atomic E-state index is 12.7. The number of hydrogen-bond acceptors (Lipinski definition) is 7. The van der Waals surface area contributed by atoms with Gasteiger partial charge in [0.05, 0.1) is 15.9 Å². The lowest BCUT2D eigenvalue weighted by atomic mass is 10.3. The van der Waals surface area contributed by atoms with Gasteiger partial charge >= 0.3 is 0 Å². The van der Waals surface area contributed by atoms with Crippen LogP contribution in [-0.4, -0.2) is 51.5 Å². The van der Waals surface area contributed by atoms with Gasteiger partial charge in [0.1, 0.15) is 5.82 Å². The third kappa shape index (κ3) is 4.88. The number of alkyl halides is 2. The summed E-state index contributed by atoms with van der Waals surface area (Å²) in [7, 11) is -1.83. The predicted molar refractivity (Wildman–Crippen MR) is 113 cm³/mol. The molecule has 0 atom stereocenters. The molecule has 2 heterocycles. The van der Waals surface area contributed by atoms with E-state index in [2.05, 4.69) is 20.5 Å². The SMILES string of the molecule is CCN(CC)S(=O)(=O)c1ccc2c(c1)nc(CCC(=O)Nc1nnc(C(F)F)s1)n2C. The van der Waals surface area contributed by atoms with Crippen molar-refractivity contribution in [2.24, 2.45) is 7.05 Å². The van der Waals surface area contributed by atoms with Crippen LogP contribution in [0.3, 0.4) is 0 Å². The van der Waals surface area contributed by atoms with Crippen molar-refractivity contribution in [2.75, 3.05) is 18.4 Å². The molecular formula is C18H22F2N6O3S2. The first-order chi connectivity index (χ1) is 14.7. The van der Waals surface area contributed by atoms with Gasteiger partial charge in [0.2, 0.25) is 21.1 Å². The number of nitrogens with one attached hydrogen (secondary N) is 1. The van der Waals surface area contributed by atoms with Crippen LogP contribution >= 0.6 is 11.3 Å². The molecule has 0 aliphatic rings. The lowest BCUT2D eigenvalue weighted by Gasteiger charge is -2.18. The highest BCUT2D eigenvalue weighted by Gasteiger charge is 2.23. The molecule has 168 valence electrons. The maximum Gasteiger partial charge on any atom is 0.291 e. The average molecular weight is 473 g/mol. The van der Waals surface area contributed by atoms with Crippen molar-refractivity contribution in [1.82, 2.24) is 24.1 Å². The van der Waals surface area contributed by atoms with E-state index in [1.165, 1.54) is 10.4 Å². The highest BCUT2D eigenvalue weighted by molar-refractivity contribution is 7.89. The Morgan fingerprint density at radius 3 is 2.58 bits per heavy atom. The lowest BCUT2D eigenvalue weighted by Crippen LogP contribution is -2.30. The Bertz CT molecular complexity index is 1190. The Kier molecular flexibility index (Phi) is 6.96. The zero-order chi connectivity index (χ0) is 22.8. The number of aromatic nitrogens is 4. The van der Waals surface area contributed by atoms with Crippen LogP contribution in [0.1, 0.15) is 37.5 Å². The Labute approximate surface area is 182 Å². The molecule has 1 N–H and O–H groups in total. The zero-order valence-corrected chi connectivity index (χ0v) is 18.8. The van der Waals surface area contributed by atoms with Crippen LogP contribution in [0.2, 0.25) is 0 Å². The Morgan fingerprint density at radius 1 is 1.26 bits per heavy atom. The van der Waals surface area contributed by atoms with Crippen molar-refractivity contribution >= 4 is 43.4 Å². The summed E-state index contributed by atoms with van der Waals surface area (Å²) in [5, 5.41) is 8.84. The summed E-state index contributed by atoms with van der Waals surface area (Å²) in [5.41, 5.74) is 1.25. The molecule has 3 rings (SSSR count). The first kappa shape index (κ1) is 23.2. The summed E-state index contributed by atoms with van der Waals surface area (Å²) >= 11 is 0.622. The minimum absolute atomic E-state index is 0.0107. The van der Waals surface area contributed by atoms with Crippen molar-refractivity contribution in [2.45, 2.75) is 38.0 Å². The van der Waals surface area contributed by atoms with Crippen molar-refractivity contribution in [3.63, 3.8) is 0 Å². The van der Waals surface area contributed by atoms with Crippen molar-refractivity contribution in [3.8, 4) is 0 Å². The number of imidazole rings is 1. The lowest BCUT2D eigenvalue weighted by molar-refractivity contribution is -0.116. The second kappa shape index (κ2) is 9.32. The van der Waals surface area contributed by atoms with E-state index in [1.807, 2.05) is 0 Å². The molecule has 1 aromatic carbocycles. The van der Waals surface area contributed by atoms with E-state index < -0.39 is 27.4 Å². The number of fused-ring (bicyclic) bond motifs is 1. The molecule has 13 heteroatoms. The third-order valence-corrected chi connectivity index (χ3v) is 7.63. The van der Waals surface area contributed by atoms with Gasteiger partial charge in [0.15, 0.2) is 5.01 Å². The maximum atomic E-state index is 12.7. The minimum Gasteiger partial charge on any atom is -0.331 e. The fourth-order valence-electron chi connectivity index (χ4n) is 3.11. The fourth-order valence-corrected chi connectivity index (χ4v) is 5.20. The molecule has 0 saturated carbocycles. The van der Waals surface area contributed by atoms with Gasteiger partial charge in [-0.15, -0.1) is 10.2 Å². The number of carbonyl (C=O) groups is 1. The molecule has 0 aliphatic heterocycles. The quantitative estimate of drug-likeness (QED) is 0.513. The molecular weight excluding hydrogens is 450 g/mol. The van der Waals surface area contributed by atoms with Gasteiger partial charge in [-0.2, -0.15) is 4.31 Å². The first-order valence-corrected chi connectivity index (χ1v) is 11.8. The fraction of sp³-hybridized carbons (Fsp3) is 0.444. The smallest absolute Gasteiger partial charge is 0.291 e. The van der Waals surface area contributed by atoms with Crippen molar-refractivity contribution < 1.29 is 22.0 Å². The number of carbonyl (C=O) groups excluding carboxylic acids is 1. The van der Waals surface area contributed by atoms with Gasteiger partial charge in [-0.25, -0.2) is 22.2 Å². The molecule has 0 fully saturated rings. The standard InChI is InChI=1S/C18H22F2N6O3S2/c1-4-26(5-2)31(28,29)11-6-7-13-12(10-11)21-14(25(13)3)8-9-15(27)22-18-24-23-17(30-18)16(19)20/h6-7,10,16H,4-5,8-9H2,1-3H3,(H,22,24,27). The van der Waals surface area contributed by atoms with Gasteiger partial charge < -0.3 is 9.88 Å². The van der Waals surface area contributed by atoms with E-state index >= 15 is 0 Å². The second-order valence-electron chi connectivity index (χ2n) is 6.62. The molecule has 3 aromatic rings. The summed E-state index contributed by atoms with van der Waals surface area (Å²) in [6.07, 6.45) is -2.42. The van der Waals surface area contributed by atoms with E-state index in [0.717, 1.165) is 5.52 Å². The van der Waals surface area contributed by atoms with E-state index in [-0.39, 0.29) is 22.9 Å². The second-order valence-corrected chi connectivity index (χ2v) is 9.57. The molecule has 1 amide bonds. The first-order valence-electron chi connectivity index (χ1n) is 9.54. The third-order valence-electron chi connectivity index (χ3n) is 4.74. The molecule has 0 radical (unpaired) electrons. The van der Waals surface area contributed by atoms with Gasteiger partial charge in [0.25, 0.3) is 6.43 Å². The largest absolute Gasteiger partial charge is 0.331 e. The topological polar surface area (TPSA) is 110 Å². The molecule has 2 aromatic heterocycles. The number of rotatable bonds is 9. The number of nitrogens with zero attached hydrogens (tertiary/aromatic N) is 5. The van der Waals surface area contributed by atoms with Crippen LogP contribution in [0.25, 0.3) is 11.0 Å². The van der Waals surface area contributed by atoms with E-state index in [4.69, 9.17) is 0 Å². The van der Waals surface area contributed by atoms with Crippen LogP contribution in [0.15, 0.2) is 23.1 Å². The van der Waals surface area contributed by atoms with Crippen LogP contribution in [0.5, 0.6) is 0 Å². The van der Waals surface area contributed by atoms with Crippen LogP contribution < -0.4 is 5.32 Å². The molecule has 0 bridgehead atoms. The Hall–Kier alpha value is -2.51. The molecule has 31 heavy (non-hydrogen) atoms. The molecule has 0 aliphatic carbocycles. The Balaban J connectivity index is 1.74. The molecule has 0 unspecified atom stereocenters. The number of anilines is 1. The average Bonchev–Trinajstić information content (AvgIpc) is 3.31. The van der Waals surface area contributed by atoms with Crippen LogP contribution in [0.4, 0.5) is 13.9 Å². The highest BCUT2D eigenvalue weighted by atomic mass is 32.2.